The largest absolute Gasteiger partial charge is 0.287 e. The molecule has 0 aliphatic carbocycles. The average Bonchev–Trinajstić information content (AvgIpc) is 2.58. The second-order valence-electron chi connectivity index (χ2n) is 3.42. The molecular weight excluding hydrogens is 250 g/mol. The first-order chi connectivity index (χ1) is 8.00. The van der Waals surface area contributed by atoms with Crippen LogP contribution in [0, 0.1) is 11.6 Å². The van der Waals surface area contributed by atoms with Crippen LogP contribution >= 0.6 is 11.6 Å². The van der Waals surface area contributed by atoms with Gasteiger partial charge in [0.15, 0.2) is 0 Å². The summed E-state index contributed by atoms with van der Waals surface area (Å²) in [5.74, 6) is -2.30. The molecule has 0 radical (unpaired) electrons. The minimum Gasteiger partial charge on any atom is -0.287 e. The van der Waals surface area contributed by atoms with E-state index in [1.54, 1.807) is 0 Å². The predicted octanol–water partition coefficient (Wildman–Crippen LogP) is 2.58. The van der Waals surface area contributed by atoms with E-state index in [9.17, 15) is 13.6 Å². The molecule has 0 aliphatic rings. The number of carbonyl (C=O) groups is 1. The third-order valence-electron chi connectivity index (χ3n) is 2.28. The van der Waals surface area contributed by atoms with E-state index in [2.05, 4.69) is 5.10 Å². The summed E-state index contributed by atoms with van der Waals surface area (Å²) in [7, 11) is 1.51. The molecule has 0 N–H and O–H groups in total. The van der Waals surface area contributed by atoms with Crippen LogP contribution in [0.3, 0.4) is 0 Å². The van der Waals surface area contributed by atoms with Crippen molar-refractivity contribution in [2.75, 3.05) is 0 Å². The number of rotatable bonds is 2. The molecule has 0 spiro atoms. The van der Waals surface area contributed by atoms with E-state index in [4.69, 9.17) is 11.6 Å². The SMILES string of the molecule is Cn1ncc(Cl)c1C(=O)c1ccc(F)cc1F. The molecule has 0 bridgehead atoms. The van der Waals surface area contributed by atoms with Crippen molar-refractivity contribution in [2.24, 2.45) is 7.05 Å². The second-order valence-corrected chi connectivity index (χ2v) is 3.83. The van der Waals surface area contributed by atoms with Gasteiger partial charge in [-0.1, -0.05) is 11.6 Å². The number of hydrogen-bond acceptors (Lipinski definition) is 2. The lowest BCUT2D eigenvalue weighted by molar-refractivity contribution is 0.102. The zero-order chi connectivity index (χ0) is 12.6. The maximum Gasteiger partial charge on any atom is 0.215 e. The minimum absolute atomic E-state index is 0.0668. The third-order valence-corrected chi connectivity index (χ3v) is 2.56. The van der Waals surface area contributed by atoms with Gasteiger partial charge in [-0.05, 0) is 12.1 Å². The first-order valence-corrected chi connectivity index (χ1v) is 5.05. The van der Waals surface area contributed by atoms with Crippen LogP contribution in [0.1, 0.15) is 16.1 Å². The van der Waals surface area contributed by atoms with E-state index in [0.29, 0.717) is 6.07 Å². The van der Waals surface area contributed by atoms with Crippen LogP contribution in [0.4, 0.5) is 8.78 Å². The van der Waals surface area contributed by atoms with Crippen molar-refractivity contribution < 1.29 is 13.6 Å². The van der Waals surface area contributed by atoms with Crippen LogP contribution in [0.15, 0.2) is 24.4 Å². The number of nitrogens with zero attached hydrogens (tertiary/aromatic N) is 2. The van der Waals surface area contributed by atoms with Gasteiger partial charge in [0, 0.05) is 13.1 Å². The monoisotopic (exact) mass is 256 g/mol. The Hall–Kier alpha value is -1.75. The highest BCUT2D eigenvalue weighted by molar-refractivity contribution is 6.34. The van der Waals surface area contributed by atoms with Crippen LogP contribution in [0.5, 0.6) is 0 Å². The number of aromatic nitrogens is 2. The van der Waals surface area contributed by atoms with Crippen molar-refractivity contribution >= 4 is 17.4 Å². The van der Waals surface area contributed by atoms with Gasteiger partial charge in [0.25, 0.3) is 0 Å². The molecular formula is C11H7ClF2N2O. The molecule has 88 valence electrons. The number of ketones is 1. The van der Waals surface area contributed by atoms with Crippen LogP contribution in [0.25, 0.3) is 0 Å². The van der Waals surface area contributed by atoms with Gasteiger partial charge in [-0.15, -0.1) is 0 Å². The fraction of sp³-hybridized carbons (Fsp3) is 0.0909. The van der Waals surface area contributed by atoms with Crippen LogP contribution in [0.2, 0.25) is 5.02 Å². The molecule has 2 rings (SSSR count). The summed E-state index contributed by atoms with van der Waals surface area (Å²) in [4.78, 5) is 12.0. The van der Waals surface area contributed by atoms with Crippen molar-refractivity contribution in [1.82, 2.24) is 9.78 Å². The lowest BCUT2D eigenvalue weighted by Gasteiger charge is -2.03. The maximum absolute atomic E-state index is 13.4. The number of aryl methyl sites for hydroxylation is 1. The molecule has 0 amide bonds. The minimum atomic E-state index is -0.924. The summed E-state index contributed by atoms with van der Waals surface area (Å²) in [6.07, 6.45) is 1.29. The highest BCUT2D eigenvalue weighted by Gasteiger charge is 2.20. The fourth-order valence-electron chi connectivity index (χ4n) is 1.47. The summed E-state index contributed by atoms with van der Waals surface area (Å²) in [5.41, 5.74) is -0.172. The first-order valence-electron chi connectivity index (χ1n) is 4.68. The molecule has 0 saturated carbocycles. The summed E-state index contributed by atoms with van der Waals surface area (Å²) in [6, 6.07) is 2.74. The zero-order valence-electron chi connectivity index (χ0n) is 8.75. The third kappa shape index (κ3) is 2.06. The average molecular weight is 257 g/mol. The summed E-state index contributed by atoms with van der Waals surface area (Å²) in [5, 5.41) is 3.90. The van der Waals surface area contributed by atoms with Gasteiger partial charge in [0.05, 0.1) is 16.8 Å². The van der Waals surface area contributed by atoms with E-state index in [1.165, 1.54) is 17.9 Å². The van der Waals surface area contributed by atoms with Crippen LogP contribution in [-0.4, -0.2) is 15.6 Å². The molecule has 17 heavy (non-hydrogen) atoms. The Kier molecular flexibility index (Phi) is 2.93. The van der Waals surface area contributed by atoms with Crippen molar-refractivity contribution in [3.63, 3.8) is 0 Å². The van der Waals surface area contributed by atoms with E-state index < -0.39 is 17.4 Å². The summed E-state index contributed by atoms with van der Waals surface area (Å²) in [6.45, 7) is 0. The van der Waals surface area contributed by atoms with Gasteiger partial charge in [-0.2, -0.15) is 5.10 Å². The number of benzene rings is 1. The van der Waals surface area contributed by atoms with Gasteiger partial charge < -0.3 is 0 Å². The zero-order valence-corrected chi connectivity index (χ0v) is 9.50. The van der Waals surface area contributed by atoms with Crippen LogP contribution in [-0.2, 0) is 7.05 Å². The van der Waals surface area contributed by atoms with E-state index in [1.807, 2.05) is 0 Å². The molecule has 2 aromatic rings. The molecule has 0 aliphatic heterocycles. The molecule has 0 unspecified atom stereocenters. The Balaban J connectivity index is 2.51. The van der Waals surface area contributed by atoms with Crippen molar-refractivity contribution in [3.8, 4) is 0 Å². The first kappa shape index (κ1) is 11.7. The quantitative estimate of drug-likeness (QED) is 0.774. The Morgan fingerprint density at radius 2 is 2.12 bits per heavy atom. The highest BCUT2D eigenvalue weighted by Crippen LogP contribution is 2.20. The van der Waals surface area contributed by atoms with Crippen molar-refractivity contribution in [2.45, 2.75) is 0 Å². The Labute approximate surface area is 101 Å². The van der Waals surface area contributed by atoms with Gasteiger partial charge in [-0.3, -0.25) is 9.48 Å². The highest BCUT2D eigenvalue weighted by atomic mass is 35.5. The summed E-state index contributed by atoms with van der Waals surface area (Å²) >= 11 is 5.77. The van der Waals surface area contributed by atoms with Crippen LogP contribution < -0.4 is 0 Å². The standard InChI is InChI=1S/C11H7ClF2N2O/c1-16-10(8(12)5-15-16)11(17)7-3-2-6(13)4-9(7)14/h2-5H,1H3. The second kappa shape index (κ2) is 4.25. The van der Waals surface area contributed by atoms with E-state index in [-0.39, 0.29) is 16.3 Å². The molecule has 3 nitrogen and oxygen atoms in total. The Morgan fingerprint density at radius 1 is 1.41 bits per heavy atom. The number of carbonyl (C=O) groups excluding carboxylic acids is 1. The molecule has 0 fully saturated rings. The van der Waals surface area contributed by atoms with Gasteiger partial charge in [0.1, 0.15) is 17.3 Å². The summed E-state index contributed by atoms with van der Waals surface area (Å²) < 4.78 is 27.4. The molecule has 1 aromatic carbocycles. The lowest BCUT2D eigenvalue weighted by atomic mass is 10.1. The molecule has 6 heteroatoms. The molecule has 0 saturated heterocycles. The normalized spacial score (nSPS) is 10.6. The topological polar surface area (TPSA) is 34.9 Å². The number of hydrogen-bond donors (Lipinski definition) is 0. The smallest absolute Gasteiger partial charge is 0.215 e. The van der Waals surface area contributed by atoms with Gasteiger partial charge in [-0.25, -0.2) is 8.78 Å². The molecule has 0 atom stereocenters. The lowest BCUT2D eigenvalue weighted by Crippen LogP contribution is -2.10. The van der Waals surface area contributed by atoms with Gasteiger partial charge in [0.2, 0.25) is 5.78 Å². The maximum atomic E-state index is 13.4. The van der Waals surface area contributed by atoms with Crippen molar-refractivity contribution in [3.05, 3.63) is 52.3 Å². The number of halogens is 3. The Bertz CT molecular complexity index is 576. The predicted molar refractivity (Wildman–Crippen MR) is 58.0 cm³/mol. The Morgan fingerprint density at radius 3 is 2.65 bits per heavy atom. The van der Waals surface area contributed by atoms with Gasteiger partial charge >= 0.3 is 0 Å². The van der Waals surface area contributed by atoms with E-state index >= 15 is 0 Å². The molecule has 1 aromatic heterocycles. The molecule has 1 heterocycles. The van der Waals surface area contributed by atoms with Crippen molar-refractivity contribution in [1.29, 1.82) is 0 Å². The fourth-order valence-corrected chi connectivity index (χ4v) is 1.72. The van der Waals surface area contributed by atoms with E-state index in [0.717, 1.165) is 12.1 Å².